The first-order chi connectivity index (χ1) is 14.6. The Kier molecular flexibility index (Phi) is 4.85. The number of piperidine rings is 1. The fourth-order valence-electron chi connectivity index (χ4n) is 5.00. The Hall–Kier alpha value is -3.02. The number of piperazine rings is 1. The molecule has 6 nitrogen and oxygen atoms in total. The molecule has 156 valence electrons. The molecule has 6 heteroatoms. The monoisotopic (exact) mass is 404 g/mol. The Morgan fingerprint density at radius 1 is 0.933 bits per heavy atom. The molecule has 30 heavy (non-hydrogen) atoms. The number of para-hydroxylation sites is 1. The van der Waals surface area contributed by atoms with Crippen LogP contribution in [0, 0.1) is 0 Å². The predicted molar refractivity (Wildman–Crippen MR) is 118 cm³/mol. The maximum atomic E-state index is 13.2. The average Bonchev–Trinajstić information content (AvgIpc) is 2.82. The highest BCUT2D eigenvalue weighted by Gasteiger charge is 2.37. The lowest BCUT2D eigenvalue weighted by molar-refractivity contribution is 0.0588. The number of amides is 2. The number of fused-ring (bicyclic) bond motifs is 2. The van der Waals surface area contributed by atoms with E-state index in [4.69, 9.17) is 0 Å². The summed E-state index contributed by atoms with van der Waals surface area (Å²) in [4.78, 5) is 34.6. The number of nitrogens with zero attached hydrogens (tertiary/aromatic N) is 4. The third kappa shape index (κ3) is 3.20. The normalized spacial score (nSPS) is 21.4. The van der Waals surface area contributed by atoms with Crippen LogP contribution in [0.1, 0.15) is 40.0 Å². The summed E-state index contributed by atoms with van der Waals surface area (Å²) >= 11 is 0. The largest absolute Gasteiger partial charge is 0.368 e. The van der Waals surface area contributed by atoms with Crippen molar-refractivity contribution >= 4 is 23.2 Å². The van der Waals surface area contributed by atoms with Gasteiger partial charge in [-0.15, -0.1) is 0 Å². The van der Waals surface area contributed by atoms with Crippen LogP contribution >= 0.6 is 0 Å². The van der Waals surface area contributed by atoms with E-state index in [1.807, 2.05) is 53.2 Å². The maximum Gasteiger partial charge on any atom is 0.257 e. The van der Waals surface area contributed by atoms with Crippen LogP contribution in [0.2, 0.25) is 0 Å². The quantitative estimate of drug-likeness (QED) is 0.772. The van der Waals surface area contributed by atoms with Gasteiger partial charge in [0, 0.05) is 51.0 Å². The lowest BCUT2D eigenvalue weighted by Crippen LogP contribution is -2.56. The van der Waals surface area contributed by atoms with Crippen molar-refractivity contribution in [2.75, 3.05) is 49.6 Å². The van der Waals surface area contributed by atoms with Crippen molar-refractivity contribution in [1.82, 2.24) is 9.80 Å². The second kappa shape index (κ2) is 7.67. The number of benzene rings is 2. The van der Waals surface area contributed by atoms with E-state index in [1.54, 1.807) is 0 Å². The van der Waals surface area contributed by atoms with Crippen LogP contribution in [-0.4, -0.2) is 67.6 Å². The minimum absolute atomic E-state index is 0.0532. The number of hydrogen-bond acceptors (Lipinski definition) is 4. The summed E-state index contributed by atoms with van der Waals surface area (Å²) in [5.41, 5.74) is 3.47. The van der Waals surface area contributed by atoms with Gasteiger partial charge in [0.25, 0.3) is 11.8 Å². The van der Waals surface area contributed by atoms with E-state index < -0.39 is 0 Å². The van der Waals surface area contributed by atoms with Crippen LogP contribution in [0.25, 0.3) is 0 Å². The molecule has 3 aliphatic heterocycles. The van der Waals surface area contributed by atoms with E-state index in [0.717, 1.165) is 44.6 Å². The molecule has 3 aliphatic rings. The average molecular weight is 405 g/mol. The Labute approximate surface area is 177 Å². The van der Waals surface area contributed by atoms with Crippen molar-refractivity contribution < 1.29 is 9.59 Å². The van der Waals surface area contributed by atoms with E-state index in [0.29, 0.717) is 24.2 Å². The van der Waals surface area contributed by atoms with Crippen LogP contribution in [-0.2, 0) is 0 Å². The third-order valence-electron chi connectivity index (χ3n) is 6.72. The molecule has 2 aromatic carbocycles. The van der Waals surface area contributed by atoms with Crippen molar-refractivity contribution in [2.45, 2.75) is 25.4 Å². The zero-order valence-corrected chi connectivity index (χ0v) is 17.5. The van der Waals surface area contributed by atoms with Gasteiger partial charge in [-0.25, -0.2) is 0 Å². The molecule has 5 rings (SSSR count). The molecule has 1 atom stereocenters. The van der Waals surface area contributed by atoms with Crippen molar-refractivity contribution in [3.05, 3.63) is 59.7 Å². The summed E-state index contributed by atoms with van der Waals surface area (Å²) in [6, 6.07) is 15.9. The Balaban J connectivity index is 1.33. The van der Waals surface area contributed by atoms with E-state index >= 15 is 0 Å². The molecule has 2 saturated heterocycles. The lowest BCUT2D eigenvalue weighted by atomic mass is 9.97. The van der Waals surface area contributed by atoms with Gasteiger partial charge in [0.2, 0.25) is 0 Å². The Morgan fingerprint density at radius 2 is 1.70 bits per heavy atom. The molecule has 3 heterocycles. The first-order valence-corrected chi connectivity index (χ1v) is 10.9. The van der Waals surface area contributed by atoms with Gasteiger partial charge < -0.3 is 19.6 Å². The fraction of sp³-hybridized carbons (Fsp3) is 0.417. The van der Waals surface area contributed by atoms with E-state index in [-0.39, 0.29) is 18.0 Å². The summed E-state index contributed by atoms with van der Waals surface area (Å²) in [6.07, 6.45) is 3.30. The minimum atomic E-state index is 0.0532. The van der Waals surface area contributed by atoms with Crippen molar-refractivity contribution in [3.8, 4) is 0 Å². The van der Waals surface area contributed by atoms with E-state index in [1.165, 1.54) is 5.69 Å². The van der Waals surface area contributed by atoms with Gasteiger partial charge in [0.05, 0.1) is 11.3 Å². The number of carbonyl (C=O) groups excluding carboxylic acids is 2. The molecule has 0 unspecified atom stereocenters. The topological polar surface area (TPSA) is 47.1 Å². The summed E-state index contributed by atoms with van der Waals surface area (Å²) < 4.78 is 0. The molecule has 0 saturated carbocycles. The molecule has 0 N–H and O–H groups in total. The molecular formula is C24H28N4O2. The SMILES string of the molecule is CN1c2cc(C(=O)N3CCN(c4ccccc4)CC3)ccc2C(=O)N2CCCC[C@@H]21. The molecule has 0 spiro atoms. The molecule has 0 aromatic heterocycles. The fourth-order valence-corrected chi connectivity index (χ4v) is 5.00. The molecule has 2 amide bonds. The summed E-state index contributed by atoms with van der Waals surface area (Å²) in [5, 5.41) is 0. The van der Waals surface area contributed by atoms with Gasteiger partial charge in [0.1, 0.15) is 6.17 Å². The van der Waals surface area contributed by atoms with Crippen LogP contribution in [0.15, 0.2) is 48.5 Å². The second-order valence-electron chi connectivity index (χ2n) is 8.43. The van der Waals surface area contributed by atoms with Gasteiger partial charge >= 0.3 is 0 Å². The first kappa shape index (κ1) is 19.0. The maximum absolute atomic E-state index is 13.2. The number of rotatable bonds is 2. The smallest absolute Gasteiger partial charge is 0.257 e. The van der Waals surface area contributed by atoms with Gasteiger partial charge in [-0.2, -0.15) is 0 Å². The highest BCUT2D eigenvalue weighted by molar-refractivity contribution is 6.04. The summed E-state index contributed by atoms with van der Waals surface area (Å²) in [7, 11) is 2.04. The summed E-state index contributed by atoms with van der Waals surface area (Å²) in [6.45, 7) is 3.89. The molecule has 0 radical (unpaired) electrons. The molecule has 2 aromatic rings. The van der Waals surface area contributed by atoms with Crippen molar-refractivity contribution in [3.63, 3.8) is 0 Å². The molecular weight excluding hydrogens is 376 g/mol. The minimum Gasteiger partial charge on any atom is -0.368 e. The summed E-state index contributed by atoms with van der Waals surface area (Å²) in [5.74, 6) is 0.153. The highest BCUT2D eigenvalue weighted by atomic mass is 16.2. The highest BCUT2D eigenvalue weighted by Crippen LogP contribution is 2.35. The number of hydrogen-bond donors (Lipinski definition) is 0. The predicted octanol–water partition coefficient (Wildman–Crippen LogP) is 3.05. The van der Waals surface area contributed by atoms with Crippen LogP contribution in [0.4, 0.5) is 11.4 Å². The van der Waals surface area contributed by atoms with Gasteiger partial charge in [-0.1, -0.05) is 18.2 Å². The van der Waals surface area contributed by atoms with Crippen LogP contribution < -0.4 is 9.80 Å². The standard InChI is InChI=1S/C24H28N4O2/c1-25-21-17-18(10-11-20(21)24(30)28-12-6-5-9-22(25)28)23(29)27-15-13-26(14-16-27)19-7-3-2-4-8-19/h2-4,7-8,10-11,17,22H,5-6,9,12-16H2,1H3/t22-/m1/s1. The molecule has 2 fully saturated rings. The zero-order valence-electron chi connectivity index (χ0n) is 17.5. The molecule has 0 aliphatic carbocycles. The van der Waals surface area contributed by atoms with Crippen LogP contribution in [0.5, 0.6) is 0 Å². The van der Waals surface area contributed by atoms with Crippen molar-refractivity contribution in [2.24, 2.45) is 0 Å². The van der Waals surface area contributed by atoms with Gasteiger partial charge in [-0.05, 0) is 49.6 Å². The van der Waals surface area contributed by atoms with E-state index in [9.17, 15) is 9.59 Å². The number of anilines is 2. The third-order valence-corrected chi connectivity index (χ3v) is 6.72. The van der Waals surface area contributed by atoms with Crippen LogP contribution in [0.3, 0.4) is 0 Å². The lowest BCUT2D eigenvalue weighted by Gasteiger charge is -2.46. The Bertz CT molecular complexity index is 953. The van der Waals surface area contributed by atoms with E-state index in [2.05, 4.69) is 21.9 Å². The second-order valence-corrected chi connectivity index (χ2v) is 8.43. The first-order valence-electron chi connectivity index (χ1n) is 10.9. The Morgan fingerprint density at radius 3 is 2.47 bits per heavy atom. The van der Waals surface area contributed by atoms with Gasteiger partial charge in [-0.3, -0.25) is 9.59 Å². The molecule has 0 bridgehead atoms. The van der Waals surface area contributed by atoms with Gasteiger partial charge in [0.15, 0.2) is 0 Å². The van der Waals surface area contributed by atoms with Crippen molar-refractivity contribution in [1.29, 1.82) is 0 Å². The zero-order chi connectivity index (χ0) is 20.7. The number of carbonyl (C=O) groups is 2.